The Labute approximate surface area is 294 Å². The average Bonchev–Trinajstić information content (AvgIpc) is 3.00. The first-order valence-corrected chi connectivity index (χ1v) is 17.2. The van der Waals surface area contributed by atoms with Crippen LogP contribution in [0, 0.1) is 6.92 Å². The van der Waals surface area contributed by atoms with Crippen LogP contribution in [0.3, 0.4) is 0 Å². The molecule has 2 rings (SSSR count). The molecule has 1 atom stereocenters. The first-order chi connectivity index (χ1) is 22.7. The third kappa shape index (κ3) is 21.0. The van der Waals surface area contributed by atoms with Crippen molar-refractivity contribution in [2.75, 3.05) is 50.5 Å². The second-order valence-corrected chi connectivity index (χ2v) is 14.4. The molecule has 6 N–H and O–H groups in total. The lowest BCUT2D eigenvalue weighted by atomic mass is 10.1. The number of carbonyl (C=O) groups excluding carboxylic acids is 2. The molecule has 0 spiro atoms. The molecular weight excluding hydrogens is 695 g/mol. The summed E-state index contributed by atoms with van der Waals surface area (Å²) in [5, 5.41) is 7.06. The number of unbranched alkanes of at least 4 members (excludes halogenated alkanes) is 1. The first kappa shape index (κ1) is 46.0. The Morgan fingerprint density at radius 1 is 1.18 bits per heavy atom. The van der Waals surface area contributed by atoms with Gasteiger partial charge in [0.25, 0.3) is 0 Å². The minimum atomic E-state index is -4.71. The summed E-state index contributed by atoms with van der Waals surface area (Å²) in [7, 11) is 0. The van der Waals surface area contributed by atoms with Gasteiger partial charge < -0.3 is 31.9 Å². The van der Waals surface area contributed by atoms with Crippen molar-refractivity contribution in [1.82, 2.24) is 20.1 Å². The van der Waals surface area contributed by atoms with E-state index in [2.05, 4.69) is 49.7 Å². The molecule has 0 bridgehead atoms. The van der Waals surface area contributed by atoms with Crippen molar-refractivity contribution in [2.45, 2.75) is 77.5 Å². The summed E-state index contributed by atoms with van der Waals surface area (Å²) < 4.78 is 73.9. The normalized spacial score (nSPS) is 16.0. The van der Waals surface area contributed by atoms with Crippen LogP contribution in [0.5, 0.6) is 0 Å². The number of thioether (sulfide) groups is 2. The smallest absolute Gasteiger partial charge is 0.401 e. The maximum absolute atomic E-state index is 12.7. The van der Waals surface area contributed by atoms with Crippen molar-refractivity contribution >= 4 is 48.4 Å². The molecule has 1 aromatic rings. The molecule has 0 radical (unpaired) electrons. The van der Waals surface area contributed by atoms with Crippen LogP contribution >= 0.6 is 23.5 Å². The van der Waals surface area contributed by atoms with Crippen LogP contribution in [0.2, 0.25) is 0 Å². The van der Waals surface area contributed by atoms with Crippen molar-refractivity contribution in [3.05, 3.63) is 45.6 Å². The fourth-order valence-corrected chi connectivity index (χ4v) is 5.42. The highest BCUT2D eigenvalue weighted by atomic mass is 32.2. The number of allylic oxidation sites excluding steroid dienone is 1. The number of nitrogens with zero attached hydrogens (tertiary/aromatic N) is 4. The number of aliphatic imine (C=N–C) groups is 1. The number of anilines is 1. The Morgan fingerprint density at radius 2 is 1.84 bits per heavy atom. The summed E-state index contributed by atoms with van der Waals surface area (Å²) in [5.41, 5.74) is 13.9. The molecule has 2 heterocycles. The van der Waals surface area contributed by atoms with Gasteiger partial charge in [0.15, 0.2) is 0 Å². The Balaban J connectivity index is 0.000000828. The number of rotatable bonds is 13. The van der Waals surface area contributed by atoms with Crippen molar-refractivity contribution in [3.8, 4) is 0 Å². The fourth-order valence-electron chi connectivity index (χ4n) is 3.68. The first-order valence-electron chi connectivity index (χ1n) is 15.3. The van der Waals surface area contributed by atoms with Crippen LogP contribution in [-0.2, 0) is 9.59 Å². The van der Waals surface area contributed by atoms with Crippen molar-refractivity contribution in [2.24, 2.45) is 16.5 Å². The van der Waals surface area contributed by atoms with Gasteiger partial charge >= 0.3 is 12.4 Å². The highest BCUT2D eigenvalue weighted by molar-refractivity contribution is 8.05. The van der Waals surface area contributed by atoms with Gasteiger partial charge in [-0.1, -0.05) is 40.2 Å². The number of amides is 2. The fraction of sp³-hybridized carbons (Fsp3) is 0.613. The zero-order valence-electron chi connectivity index (χ0n) is 28.9. The van der Waals surface area contributed by atoms with Gasteiger partial charge in [0, 0.05) is 29.7 Å². The Morgan fingerprint density at radius 3 is 2.27 bits per heavy atom. The standard InChI is InChI=1S/C17H26N4S2.C10H13F6N3O2.C4H11N/c1-12-7-8-15(20-9-12)21-11-22-10-14(19-6)16(13(2)18)23-17(3,4)5;11-9(12,13)5-17-3-8(21)18-1-2-19(6-20)7(4-18)10(14,15)16;1-2-3-4-5/h7-10H,6,11,18H2,1-5H3,(H,20,21);6-7,17H,1-5H2;2-5H2,1H3/b14-10-,16-13-;;. The molecule has 1 aliphatic heterocycles. The van der Waals surface area contributed by atoms with Gasteiger partial charge in [-0.15, -0.1) is 23.5 Å². The summed E-state index contributed by atoms with van der Waals surface area (Å²) >= 11 is 3.31. The largest absolute Gasteiger partial charge is 0.410 e. The second-order valence-electron chi connectivity index (χ2n) is 11.7. The van der Waals surface area contributed by atoms with Crippen LogP contribution in [0.25, 0.3) is 0 Å². The van der Waals surface area contributed by atoms with E-state index in [1.807, 2.05) is 42.9 Å². The summed E-state index contributed by atoms with van der Waals surface area (Å²) in [6.45, 7) is 13.6. The van der Waals surface area contributed by atoms with Gasteiger partial charge in [0.2, 0.25) is 12.3 Å². The molecule has 280 valence electrons. The predicted molar refractivity (Wildman–Crippen MR) is 189 cm³/mol. The number of pyridine rings is 1. The van der Waals surface area contributed by atoms with E-state index in [4.69, 9.17) is 11.5 Å². The van der Waals surface area contributed by atoms with E-state index >= 15 is 0 Å². The number of hydrogen-bond acceptors (Lipinski definition) is 10. The lowest BCUT2D eigenvalue weighted by Crippen LogP contribution is -2.60. The Bertz CT molecular complexity index is 1200. The third-order valence-corrected chi connectivity index (χ3v) is 8.11. The van der Waals surface area contributed by atoms with Crippen LogP contribution in [0.4, 0.5) is 32.2 Å². The lowest BCUT2D eigenvalue weighted by Gasteiger charge is -2.40. The van der Waals surface area contributed by atoms with E-state index in [-0.39, 0.29) is 24.2 Å². The van der Waals surface area contributed by atoms with E-state index in [1.165, 1.54) is 12.8 Å². The molecule has 0 saturated carbocycles. The molecule has 1 aromatic heterocycles. The van der Waals surface area contributed by atoms with Crippen molar-refractivity contribution in [3.63, 3.8) is 0 Å². The zero-order chi connectivity index (χ0) is 37.8. The van der Waals surface area contributed by atoms with Crippen molar-refractivity contribution in [1.29, 1.82) is 0 Å². The third-order valence-electron chi connectivity index (χ3n) is 6.06. The van der Waals surface area contributed by atoms with E-state index in [9.17, 15) is 35.9 Å². The number of aromatic nitrogens is 1. The number of aryl methyl sites for hydroxylation is 1. The molecule has 0 aliphatic carbocycles. The minimum absolute atomic E-state index is 0.0435. The topological polar surface area (TPSA) is 142 Å². The van der Waals surface area contributed by atoms with E-state index in [0.717, 1.165) is 39.1 Å². The molecular formula is C31H50F6N8O2S2. The molecule has 0 aromatic carbocycles. The van der Waals surface area contributed by atoms with Gasteiger partial charge in [-0.2, -0.15) is 26.3 Å². The average molecular weight is 745 g/mol. The van der Waals surface area contributed by atoms with Crippen LogP contribution in [0.1, 0.15) is 53.0 Å². The quantitative estimate of drug-likeness (QED) is 0.0487. The maximum Gasteiger partial charge on any atom is 0.410 e. The van der Waals surface area contributed by atoms with Crippen LogP contribution < -0.4 is 22.1 Å². The van der Waals surface area contributed by atoms with E-state index < -0.39 is 43.9 Å². The van der Waals surface area contributed by atoms with Gasteiger partial charge in [0.1, 0.15) is 11.9 Å². The Hall–Kier alpha value is -2.96. The highest BCUT2D eigenvalue weighted by Crippen LogP contribution is 2.37. The second kappa shape index (κ2) is 22.7. The maximum atomic E-state index is 12.7. The number of nitrogens with two attached hydrogens (primary N) is 2. The summed E-state index contributed by atoms with van der Waals surface area (Å²) in [6, 6.07) is 1.86. The van der Waals surface area contributed by atoms with Crippen LogP contribution in [-0.4, -0.2) is 102 Å². The number of nitrogens with one attached hydrogen (secondary N) is 2. The SMILES string of the molecule is C=NC(=C\SCNc1ccc(C)cn1)/C(SC(C)(C)C)=C(\C)N.CCCCN.O=CN1CCN(C(=O)CNCC(F)(F)F)CC1C(F)(F)F. The monoisotopic (exact) mass is 744 g/mol. The number of alkyl halides is 6. The summed E-state index contributed by atoms with van der Waals surface area (Å²) in [4.78, 5) is 32.9. The molecule has 18 heteroatoms. The van der Waals surface area contributed by atoms with E-state index in [0.29, 0.717) is 10.8 Å². The molecule has 10 nitrogen and oxygen atoms in total. The Kier molecular flexibility index (Phi) is 21.3. The molecule has 1 fully saturated rings. The highest BCUT2D eigenvalue weighted by Gasteiger charge is 2.47. The molecule has 1 unspecified atom stereocenters. The van der Waals surface area contributed by atoms with Crippen LogP contribution in [0.15, 0.2) is 45.0 Å². The summed E-state index contributed by atoms with van der Waals surface area (Å²) in [5.74, 6) is 0.685. The molecule has 1 aliphatic rings. The predicted octanol–water partition coefficient (Wildman–Crippen LogP) is 5.87. The zero-order valence-corrected chi connectivity index (χ0v) is 30.5. The van der Waals surface area contributed by atoms with E-state index in [1.54, 1.807) is 23.5 Å². The van der Waals surface area contributed by atoms with Gasteiger partial charge in [-0.25, -0.2) is 4.98 Å². The molecule has 49 heavy (non-hydrogen) atoms. The summed E-state index contributed by atoms with van der Waals surface area (Å²) in [6.07, 6.45) is -4.94. The van der Waals surface area contributed by atoms with Crippen molar-refractivity contribution < 1.29 is 35.9 Å². The number of carbonyl (C=O) groups is 2. The van der Waals surface area contributed by atoms with Gasteiger partial charge in [-0.05, 0) is 50.6 Å². The minimum Gasteiger partial charge on any atom is -0.401 e. The number of piperazine rings is 1. The number of hydrogen-bond donors (Lipinski definition) is 4. The number of halogens is 6. The van der Waals surface area contributed by atoms with Gasteiger partial charge in [-0.3, -0.25) is 14.6 Å². The molecule has 1 saturated heterocycles. The lowest BCUT2D eigenvalue weighted by molar-refractivity contribution is -0.197. The van der Waals surface area contributed by atoms with Gasteiger partial charge in [0.05, 0.1) is 36.1 Å². The molecule has 2 amide bonds.